The molecule has 0 aliphatic heterocycles. The fraction of sp³-hybridized carbons (Fsp3) is 0.172. The molecule has 8 heteroatoms. The topological polar surface area (TPSA) is 119 Å². The van der Waals surface area contributed by atoms with Crippen molar-refractivity contribution in [2.75, 3.05) is 11.1 Å². The summed E-state index contributed by atoms with van der Waals surface area (Å²) in [4.78, 5) is 33.6. The predicted molar refractivity (Wildman–Crippen MR) is 150 cm³/mol. The number of carbonyl (C=O) groups excluding carboxylic acids is 1. The van der Waals surface area contributed by atoms with E-state index in [4.69, 9.17) is 5.73 Å². The van der Waals surface area contributed by atoms with Gasteiger partial charge in [-0.1, -0.05) is 43.0 Å². The lowest BCUT2D eigenvalue weighted by Crippen LogP contribution is -2.11. The van der Waals surface area contributed by atoms with Crippen molar-refractivity contribution in [3.05, 3.63) is 101 Å². The number of aromatic nitrogens is 4. The van der Waals surface area contributed by atoms with Crippen LogP contribution < -0.4 is 16.6 Å². The molecule has 4 aromatic rings. The molecule has 3 aromatic heterocycles. The Morgan fingerprint density at radius 1 is 1.14 bits per heavy atom. The van der Waals surface area contributed by atoms with Gasteiger partial charge in [0.15, 0.2) is 0 Å². The number of fused-ring (bicyclic) bond motifs is 1. The number of rotatable bonds is 4. The molecule has 0 radical (unpaired) electrons. The number of benzene rings is 1. The fourth-order valence-corrected chi connectivity index (χ4v) is 4.24. The minimum atomic E-state index is -0.190. The van der Waals surface area contributed by atoms with Crippen molar-refractivity contribution in [2.24, 2.45) is 7.05 Å². The van der Waals surface area contributed by atoms with Crippen LogP contribution in [0.15, 0.2) is 84.0 Å². The minimum Gasteiger partial charge on any atom is -0.383 e. The summed E-state index contributed by atoms with van der Waals surface area (Å²) in [5.41, 5.74) is 13.5. The average Bonchev–Trinajstić information content (AvgIpc) is 3.19. The van der Waals surface area contributed by atoms with Crippen LogP contribution in [0.1, 0.15) is 31.0 Å². The third kappa shape index (κ3) is 5.59. The van der Waals surface area contributed by atoms with Crippen molar-refractivity contribution < 1.29 is 4.79 Å². The maximum absolute atomic E-state index is 11.9. The maximum Gasteiger partial charge on any atom is 0.250 e. The zero-order valence-electron chi connectivity index (χ0n) is 21.2. The zero-order valence-corrected chi connectivity index (χ0v) is 21.2. The molecule has 0 saturated heterocycles. The van der Waals surface area contributed by atoms with Crippen molar-refractivity contribution in [2.45, 2.75) is 26.7 Å². The number of allylic oxidation sites excluding steroid dienone is 4. The fourth-order valence-electron chi connectivity index (χ4n) is 4.24. The van der Waals surface area contributed by atoms with Gasteiger partial charge >= 0.3 is 0 Å². The molecule has 8 nitrogen and oxygen atoms in total. The lowest BCUT2D eigenvalue weighted by molar-refractivity contribution is -0.112. The highest BCUT2D eigenvalue weighted by Gasteiger charge is 2.23. The molecule has 1 aliphatic rings. The molecule has 3 heterocycles. The summed E-state index contributed by atoms with van der Waals surface area (Å²) in [5.74, 6) is 0.290. The van der Waals surface area contributed by atoms with Crippen LogP contribution in [0.2, 0.25) is 0 Å². The highest BCUT2D eigenvalue weighted by atomic mass is 16.1. The van der Waals surface area contributed by atoms with E-state index in [1.807, 2.05) is 44.3 Å². The van der Waals surface area contributed by atoms with E-state index in [1.54, 1.807) is 13.0 Å². The van der Waals surface area contributed by atoms with Crippen molar-refractivity contribution in [3.8, 4) is 11.3 Å². The molecular formula is C29H30N6O2. The van der Waals surface area contributed by atoms with Crippen LogP contribution in [-0.4, -0.2) is 25.4 Å². The van der Waals surface area contributed by atoms with Crippen LogP contribution in [0.3, 0.4) is 0 Å². The van der Waals surface area contributed by atoms with Gasteiger partial charge in [-0.05, 0) is 56.0 Å². The highest BCUT2D eigenvalue weighted by Crippen LogP contribution is 2.41. The van der Waals surface area contributed by atoms with Gasteiger partial charge in [0.2, 0.25) is 5.56 Å². The molecular weight excluding hydrogens is 464 g/mol. The number of nitrogens with one attached hydrogen (secondary N) is 2. The Labute approximate surface area is 215 Å². The number of aromatic amines is 1. The Morgan fingerprint density at radius 3 is 2.49 bits per heavy atom. The quantitative estimate of drug-likeness (QED) is 0.268. The number of anilines is 2. The summed E-state index contributed by atoms with van der Waals surface area (Å²) in [5, 5.41) is 3.72. The smallest absolute Gasteiger partial charge is 0.250 e. The molecule has 37 heavy (non-hydrogen) atoms. The SMILES string of the molecule is C=C(C)C(=O)Nc1ccc(-c2c(C3=CCC=CC3)c3c(N)ncnc3n2C)cc1.Cc1cccc(=O)[nH]1. The van der Waals surface area contributed by atoms with E-state index < -0.39 is 0 Å². The number of hydrogen-bond acceptors (Lipinski definition) is 5. The number of carbonyl (C=O) groups is 1. The van der Waals surface area contributed by atoms with Gasteiger partial charge in [0.25, 0.3) is 5.91 Å². The van der Waals surface area contributed by atoms with Crippen molar-refractivity contribution >= 4 is 34.0 Å². The van der Waals surface area contributed by atoms with Crippen LogP contribution >= 0.6 is 0 Å². The van der Waals surface area contributed by atoms with Crippen LogP contribution in [0.4, 0.5) is 11.5 Å². The summed E-state index contributed by atoms with van der Waals surface area (Å²) in [6, 6.07) is 12.8. The largest absolute Gasteiger partial charge is 0.383 e. The lowest BCUT2D eigenvalue weighted by atomic mass is 9.93. The van der Waals surface area contributed by atoms with Crippen LogP contribution in [0, 0.1) is 6.92 Å². The van der Waals surface area contributed by atoms with Gasteiger partial charge in [-0.15, -0.1) is 0 Å². The van der Waals surface area contributed by atoms with Crippen molar-refractivity contribution in [3.63, 3.8) is 0 Å². The average molecular weight is 495 g/mol. The molecule has 1 amide bonds. The Hall–Kier alpha value is -4.72. The lowest BCUT2D eigenvalue weighted by Gasteiger charge is -2.13. The van der Waals surface area contributed by atoms with Crippen LogP contribution in [0.5, 0.6) is 0 Å². The monoisotopic (exact) mass is 494 g/mol. The van der Waals surface area contributed by atoms with Crippen LogP contribution in [0.25, 0.3) is 27.9 Å². The summed E-state index contributed by atoms with van der Waals surface area (Å²) in [6.45, 7) is 7.20. The first-order valence-electron chi connectivity index (χ1n) is 11.9. The Balaban J connectivity index is 0.000000342. The number of hydrogen-bond donors (Lipinski definition) is 3. The summed E-state index contributed by atoms with van der Waals surface area (Å²) in [6.07, 6.45) is 9.79. The molecule has 1 aromatic carbocycles. The van der Waals surface area contributed by atoms with Gasteiger partial charge in [0.05, 0.1) is 11.1 Å². The Kier molecular flexibility index (Phi) is 7.48. The molecule has 1 aliphatic carbocycles. The molecule has 0 bridgehead atoms. The molecule has 0 unspecified atom stereocenters. The number of H-pyrrole nitrogens is 1. The number of aryl methyl sites for hydroxylation is 2. The molecule has 0 spiro atoms. The number of amides is 1. The Bertz CT molecular complexity index is 1590. The predicted octanol–water partition coefficient (Wildman–Crippen LogP) is 5.15. The van der Waals surface area contributed by atoms with Crippen molar-refractivity contribution in [1.29, 1.82) is 0 Å². The second-order valence-electron chi connectivity index (χ2n) is 8.89. The van der Waals surface area contributed by atoms with E-state index in [9.17, 15) is 9.59 Å². The van der Waals surface area contributed by atoms with Gasteiger partial charge in [-0.2, -0.15) is 0 Å². The maximum atomic E-state index is 11.9. The van der Waals surface area contributed by atoms with E-state index in [0.29, 0.717) is 11.4 Å². The van der Waals surface area contributed by atoms with Crippen molar-refractivity contribution in [1.82, 2.24) is 19.5 Å². The molecule has 5 rings (SSSR count). The van der Waals surface area contributed by atoms with E-state index >= 15 is 0 Å². The number of nitrogens with zero attached hydrogens (tertiary/aromatic N) is 3. The normalized spacial score (nSPS) is 12.5. The van der Waals surface area contributed by atoms with Gasteiger partial charge in [0.1, 0.15) is 17.8 Å². The first-order chi connectivity index (χ1) is 17.8. The second kappa shape index (κ2) is 10.9. The molecule has 4 N–H and O–H groups in total. The first kappa shape index (κ1) is 25.4. The van der Waals surface area contributed by atoms with E-state index in [0.717, 1.165) is 52.1 Å². The third-order valence-electron chi connectivity index (χ3n) is 6.04. The molecule has 0 fully saturated rings. The van der Waals surface area contributed by atoms with E-state index in [1.165, 1.54) is 18.0 Å². The number of nitrogens with two attached hydrogens (primary N) is 1. The minimum absolute atomic E-state index is 0.0370. The van der Waals surface area contributed by atoms with E-state index in [-0.39, 0.29) is 11.5 Å². The third-order valence-corrected chi connectivity index (χ3v) is 6.04. The van der Waals surface area contributed by atoms with Gasteiger partial charge in [-0.25, -0.2) is 9.97 Å². The standard InChI is InChI=1S/C23H23N5O.C6H7NO/c1-14(2)23(29)27-17-11-9-16(10-12-17)20-18(15-7-5-4-6-8-15)19-21(24)25-13-26-22(19)28(20)3;1-5-3-2-4-6(8)7-5/h4-5,8-13H,1,6-7H2,2-3H3,(H,27,29)(H2,24,25,26);2-4H,1H3,(H,7,8). The van der Waals surface area contributed by atoms with Gasteiger partial charge < -0.3 is 20.6 Å². The highest BCUT2D eigenvalue weighted by molar-refractivity contribution is 6.05. The molecule has 188 valence electrons. The zero-order chi connectivity index (χ0) is 26.5. The number of nitrogen functional groups attached to an aromatic ring is 1. The first-order valence-corrected chi connectivity index (χ1v) is 11.9. The Morgan fingerprint density at radius 2 is 1.89 bits per heavy atom. The number of pyridine rings is 1. The van der Waals surface area contributed by atoms with Gasteiger partial charge in [-0.3, -0.25) is 9.59 Å². The van der Waals surface area contributed by atoms with Crippen LogP contribution in [-0.2, 0) is 11.8 Å². The summed E-state index contributed by atoms with van der Waals surface area (Å²) >= 11 is 0. The second-order valence-corrected chi connectivity index (χ2v) is 8.89. The van der Waals surface area contributed by atoms with Gasteiger partial charge in [0, 0.05) is 35.6 Å². The molecule has 0 atom stereocenters. The summed E-state index contributed by atoms with van der Waals surface area (Å²) in [7, 11) is 1.99. The van der Waals surface area contributed by atoms with E-state index in [2.05, 4.69) is 49.6 Å². The molecule has 0 saturated carbocycles. The summed E-state index contributed by atoms with van der Waals surface area (Å²) < 4.78 is 2.06.